The Kier molecular flexibility index (Phi) is 5.31. The second kappa shape index (κ2) is 6.52. The van der Waals surface area contributed by atoms with Crippen molar-refractivity contribution in [1.29, 1.82) is 0 Å². The lowest BCUT2D eigenvalue weighted by Crippen LogP contribution is -2.27. The average Bonchev–Trinajstić information content (AvgIpc) is 2.29. The maximum Gasteiger partial charge on any atom is 0.123 e. The van der Waals surface area contributed by atoms with Gasteiger partial charge in [0.05, 0.1) is 6.61 Å². The second-order valence-electron chi connectivity index (χ2n) is 3.47. The van der Waals surface area contributed by atoms with E-state index in [0.717, 1.165) is 12.1 Å². The first-order valence-electron chi connectivity index (χ1n) is 5.26. The van der Waals surface area contributed by atoms with E-state index in [1.165, 1.54) is 0 Å². The Labute approximate surface area is 101 Å². The van der Waals surface area contributed by atoms with Gasteiger partial charge in [-0.05, 0) is 18.2 Å². The molecule has 0 saturated heterocycles. The molecule has 1 aromatic heterocycles. The van der Waals surface area contributed by atoms with Crippen LogP contribution in [0.15, 0.2) is 18.3 Å². The van der Waals surface area contributed by atoms with Crippen molar-refractivity contribution in [2.75, 3.05) is 19.7 Å². The smallest absolute Gasteiger partial charge is 0.123 e. The number of pyridine rings is 1. The summed E-state index contributed by atoms with van der Waals surface area (Å²) in [6, 6.07) is 3.82. The molecule has 1 heterocycles. The van der Waals surface area contributed by atoms with Crippen LogP contribution in [0.25, 0.3) is 0 Å². The number of hydrogen-bond acceptors (Lipinski definition) is 4. The molecule has 0 aliphatic carbocycles. The van der Waals surface area contributed by atoms with Crippen molar-refractivity contribution in [3.8, 4) is 0 Å². The molecule has 4 nitrogen and oxygen atoms in total. The third-order valence-corrected chi connectivity index (χ3v) is 2.58. The Balaban J connectivity index is 2.82. The molecule has 1 rings (SSSR count). The summed E-state index contributed by atoms with van der Waals surface area (Å²) < 4.78 is 0. The standard InChI is InChI=1S/C11H17N3OS/c1-2-14(6-7-15)8-9-4-3-5-13-10(9)11(12)16/h3-5,15H,2,6-8H2,1H3,(H2,12,16). The van der Waals surface area contributed by atoms with Crippen molar-refractivity contribution in [3.63, 3.8) is 0 Å². The minimum absolute atomic E-state index is 0.149. The van der Waals surface area contributed by atoms with E-state index in [2.05, 4.69) is 9.88 Å². The molecule has 88 valence electrons. The van der Waals surface area contributed by atoms with Crippen LogP contribution in [0.2, 0.25) is 0 Å². The van der Waals surface area contributed by atoms with Crippen LogP contribution in [-0.2, 0) is 6.54 Å². The van der Waals surface area contributed by atoms with Crippen LogP contribution in [0.5, 0.6) is 0 Å². The van der Waals surface area contributed by atoms with Gasteiger partial charge in [0.25, 0.3) is 0 Å². The molecule has 5 heteroatoms. The van der Waals surface area contributed by atoms with E-state index in [-0.39, 0.29) is 6.61 Å². The molecule has 16 heavy (non-hydrogen) atoms. The van der Waals surface area contributed by atoms with E-state index < -0.39 is 0 Å². The summed E-state index contributed by atoms with van der Waals surface area (Å²) in [5.41, 5.74) is 7.29. The Morgan fingerprint density at radius 3 is 2.94 bits per heavy atom. The molecule has 0 bridgehead atoms. The Morgan fingerprint density at radius 2 is 2.38 bits per heavy atom. The lowest BCUT2D eigenvalue weighted by atomic mass is 10.2. The van der Waals surface area contributed by atoms with Gasteiger partial charge in [0.1, 0.15) is 10.7 Å². The van der Waals surface area contributed by atoms with Gasteiger partial charge in [0.2, 0.25) is 0 Å². The van der Waals surface area contributed by atoms with E-state index in [1.807, 2.05) is 19.1 Å². The number of rotatable bonds is 6. The van der Waals surface area contributed by atoms with Gasteiger partial charge in [-0.1, -0.05) is 25.2 Å². The van der Waals surface area contributed by atoms with Crippen molar-refractivity contribution in [1.82, 2.24) is 9.88 Å². The zero-order valence-electron chi connectivity index (χ0n) is 9.39. The number of hydrogen-bond donors (Lipinski definition) is 2. The Morgan fingerprint density at radius 1 is 1.62 bits per heavy atom. The molecule has 0 amide bonds. The van der Waals surface area contributed by atoms with Gasteiger partial charge < -0.3 is 10.8 Å². The van der Waals surface area contributed by atoms with Crippen molar-refractivity contribution >= 4 is 17.2 Å². The fraction of sp³-hybridized carbons (Fsp3) is 0.455. The number of thiocarbonyl (C=S) groups is 1. The summed E-state index contributed by atoms with van der Waals surface area (Å²) in [7, 11) is 0. The number of aromatic nitrogens is 1. The first-order valence-corrected chi connectivity index (χ1v) is 5.66. The summed E-state index contributed by atoms with van der Waals surface area (Å²) in [4.78, 5) is 6.60. The highest BCUT2D eigenvalue weighted by atomic mass is 32.1. The molecule has 0 aliphatic rings. The normalized spacial score (nSPS) is 10.7. The van der Waals surface area contributed by atoms with Crippen molar-refractivity contribution in [3.05, 3.63) is 29.6 Å². The average molecular weight is 239 g/mol. The largest absolute Gasteiger partial charge is 0.395 e. The van der Waals surface area contributed by atoms with Crippen LogP contribution in [0.3, 0.4) is 0 Å². The van der Waals surface area contributed by atoms with Gasteiger partial charge in [-0.3, -0.25) is 9.88 Å². The topological polar surface area (TPSA) is 62.4 Å². The maximum atomic E-state index is 8.92. The first-order chi connectivity index (χ1) is 7.69. The summed E-state index contributed by atoms with van der Waals surface area (Å²) in [6.07, 6.45) is 1.68. The molecule has 0 saturated carbocycles. The number of nitrogens with zero attached hydrogens (tertiary/aromatic N) is 2. The first kappa shape index (κ1) is 13.0. The third kappa shape index (κ3) is 3.52. The van der Waals surface area contributed by atoms with Crippen LogP contribution in [0.1, 0.15) is 18.2 Å². The highest BCUT2D eigenvalue weighted by molar-refractivity contribution is 7.80. The molecule has 0 fully saturated rings. The number of likely N-dealkylation sites (N-methyl/N-ethyl adjacent to an activating group) is 1. The zero-order valence-corrected chi connectivity index (χ0v) is 10.2. The lowest BCUT2D eigenvalue weighted by Gasteiger charge is -2.20. The zero-order chi connectivity index (χ0) is 12.0. The van der Waals surface area contributed by atoms with Crippen LogP contribution in [0, 0.1) is 0 Å². The predicted molar refractivity (Wildman–Crippen MR) is 68.2 cm³/mol. The van der Waals surface area contributed by atoms with Gasteiger partial charge in [-0.2, -0.15) is 0 Å². The molecular formula is C11H17N3OS. The highest BCUT2D eigenvalue weighted by Crippen LogP contribution is 2.08. The van der Waals surface area contributed by atoms with Crippen LogP contribution >= 0.6 is 12.2 Å². The molecule has 0 unspecified atom stereocenters. The van der Waals surface area contributed by atoms with Crippen molar-refractivity contribution in [2.24, 2.45) is 5.73 Å². The molecular weight excluding hydrogens is 222 g/mol. The van der Waals surface area contributed by atoms with Gasteiger partial charge in [0.15, 0.2) is 0 Å². The molecule has 0 aromatic carbocycles. The van der Waals surface area contributed by atoms with Crippen LogP contribution in [-0.4, -0.2) is 39.7 Å². The minimum atomic E-state index is 0.149. The van der Waals surface area contributed by atoms with Gasteiger partial charge in [-0.25, -0.2) is 0 Å². The summed E-state index contributed by atoms with van der Waals surface area (Å²) >= 11 is 4.95. The second-order valence-corrected chi connectivity index (χ2v) is 3.91. The number of aliphatic hydroxyl groups excluding tert-OH is 1. The van der Waals surface area contributed by atoms with E-state index >= 15 is 0 Å². The monoisotopic (exact) mass is 239 g/mol. The van der Waals surface area contributed by atoms with E-state index in [0.29, 0.717) is 23.8 Å². The third-order valence-electron chi connectivity index (χ3n) is 2.38. The van der Waals surface area contributed by atoms with E-state index in [9.17, 15) is 0 Å². The molecule has 3 N–H and O–H groups in total. The van der Waals surface area contributed by atoms with Gasteiger partial charge >= 0.3 is 0 Å². The van der Waals surface area contributed by atoms with Crippen LogP contribution < -0.4 is 5.73 Å². The molecule has 0 atom stereocenters. The SMILES string of the molecule is CCN(CCO)Cc1cccnc1C(N)=S. The minimum Gasteiger partial charge on any atom is -0.395 e. The van der Waals surface area contributed by atoms with E-state index in [4.69, 9.17) is 23.1 Å². The molecule has 0 spiro atoms. The Hall–Kier alpha value is -1.04. The lowest BCUT2D eigenvalue weighted by molar-refractivity contribution is 0.196. The van der Waals surface area contributed by atoms with Crippen LogP contribution in [0.4, 0.5) is 0 Å². The van der Waals surface area contributed by atoms with Gasteiger partial charge in [0, 0.05) is 19.3 Å². The fourth-order valence-corrected chi connectivity index (χ4v) is 1.70. The molecule has 0 aliphatic heterocycles. The highest BCUT2D eigenvalue weighted by Gasteiger charge is 2.09. The molecule has 0 radical (unpaired) electrons. The number of aliphatic hydroxyl groups is 1. The fourth-order valence-electron chi connectivity index (χ4n) is 1.52. The quantitative estimate of drug-likeness (QED) is 0.709. The number of nitrogens with two attached hydrogens (primary N) is 1. The molecule has 1 aromatic rings. The predicted octanol–water partition coefficient (Wildman–Crippen LogP) is 0.530. The summed E-state index contributed by atoms with van der Waals surface area (Å²) in [5.74, 6) is 0. The van der Waals surface area contributed by atoms with Gasteiger partial charge in [-0.15, -0.1) is 0 Å². The Bertz CT molecular complexity index is 357. The van der Waals surface area contributed by atoms with Crippen molar-refractivity contribution in [2.45, 2.75) is 13.5 Å². The summed E-state index contributed by atoms with van der Waals surface area (Å²) in [5, 5.41) is 8.92. The van der Waals surface area contributed by atoms with E-state index in [1.54, 1.807) is 6.20 Å². The maximum absolute atomic E-state index is 8.92. The summed E-state index contributed by atoms with van der Waals surface area (Å²) in [6.45, 7) is 4.41. The van der Waals surface area contributed by atoms with Crippen molar-refractivity contribution < 1.29 is 5.11 Å².